The zero-order valence-electron chi connectivity index (χ0n) is 9.33. The number of nitrogens with one attached hydrogen (secondary N) is 1. The maximum absolute atomic E-state index is 5.71. The highest BCUT2D eigenvalue weighted by atomic mass is 15.1. The zero-order chi connectivity index (χ0) is 10.8. The fourth-order valence-corrected chi connectivity index (χ4v) is 1.70. The summed E-state index contributed by atoms with van der Waals surface area (Å²) in [6.07, 6.45) is 3.47. The Bertz CT molecular complexity index is 346. The zero-order valence-corrected chi connectivity index (χ0v) is 9.33. The predicted molar refractivity (Wildman–Crippen MR) is 61.6 cm³/mol. The minimum absolute atomic E-state index is 0.490. The molecule has 1 heterocycles. The quantitative estimate of drug-likeness (QED) is 0.789. The van der Waals surface area contributed by atoms with Crippen LogP contribution < -0.4 is 11.1 Å². The van der Waals surface area contributed by atoms with Crippen molar-refractivity contribution < 1.29 is 0 Å². The van der Waals surface area contributed by atoms with Crippen LogP contribution in [0.1, 0.15) is 32.5 Å². The normalized spacial score (nSPS) is 17.5. The number of nitrogens with two attached hydrogens (primary N) is 1. The molecular weight excluding hydrogens is 188 g/mol. The first-order valence-electron chi connectivity index (χ1n) is 5.59. The number of aromatic nitrogens is 2. The van der Waals surface area contributed by atoms with Crippen LogP contribution in [0.3, 0.4) is 0 Å². The molecule has 3 N–H and O–H groups in total. The van der Waals surface area contributed by atoms with Gasteiger partial charge in [0.1, 0.15) is 17.5 Å². The molecule has 4 nitrogen and oxygen atoms in total. The van der Waals surface area contributed by atoms with E-state index in [9.17, 15) is 0 Å². The number of nitrogen functional groups attached to an aromatic ring is 1. The van der Waals surface area contributed by atoms with E-state index in [1.54, 1.807) is 6.07 Å². The standard InChI is InChI=1S/C11H18N4/c1-3-10-14-9(12)6-11(15-10)13-7(2)8-4-5-8/h6-8H,3-5H2,1-2H3,(H3,12,13,14,15). The first-order chi connectivity index (χ1) is 7.19. The molecule has 15 heavy (non-hydrogen) atoms. The van der Waals surface area contributed by atoms with Crippen LogP contribution in [0.25, 0.3) is 0 Å². The summed E-state index contributed by atoms with van der Waals surface area (Å²) in [7, 11) is 0. The average molecular weight is 206 g/mol. The second-order valence-corrected chi connectivity index (χ2v) is 4.22. The summed E-state index contributed by atoms with van der Waals surface area (Å²) in [6, 6.07) is 2.29. The average Bonchev–Trinajstić information content (AvgIpc) is 2.99. The topological polar surface area (TPSA) is 63.8 Å². The molecular formula is C11H18N4. The summed E-state index contributed by atoms with van der Waals surface area (Å²) in [5.41, 5.74) is 5.71. The van der Waals surface area contributed by atoms with E-state index in [0.29, 0.717) is 11.9 Å². The van der Waals surface area contributed by atoms with Crippen molar-refractivity contribution in [2.75, 3.05) is 11.1 Å². The number of hydrogen-bond acceptors (Lipinski definition) is 4. The molecule has 4 heteroatoms. The summed E-state index contributed by atoms with van der Waals surface area (Å²) in [5, 5.41) is 3.39. The van der Waals surface area contributed by atoms with Gasteiger partial charge in [-0.05, 0) is 25.7 Å². The smallest absolute Gasteiger partial charge is 0.132 e. The van der Waals surface area contributed by atoms with Gasteiger partial charge in [-0.3, -0.25) is 0 Å². The third-order valence-corrected chi connectivity index (χ3v) is 2.81. The summed E-state index contributed by atoms with van der Waals surface area (Å²) in [6.45, 7) is 4.23. The lowest BCUT2D eigenvalue weighted by atomic mass is 10.2. The Balaban J connectivity index is 2.08. The SMILES string of the molecule is CCc1nc(N)cc(NC(C)C2CC2)n1. The second kappa shape index (κ2) is 4.04. The highest BCUT2D eigenvalue weighted by Crippen LogP contribution is 2.33. The molecule has 1 aliphatic carbocycles. The van der Waals surface area contributed by atoms with Crippen molar-refractivity contribution in [3.8, 4) is 0 Å². The van der Waals surface area contributed by atoms with Crippen LogP contribution in [-0.4, -0.2) is 16.0 Å². The van der Waals surface area contributed by atoms with Crippen molar-refractivity contribution in [2.45, 2.75) is 39.2 Å². The monoisotopic (exact) mass is 206 g/mol. The molecule has 82 valence electrons. The van der Waals surface area contributed by atoms with E-state index in [1.165, 1.54) is 12.8 Å². The third kappa shape index (κ3) is 2.58. The third-order valence-electron chi connectivity index (χ3n) is 2.81. The molecule has 0 bridgehead atoms. The lowest BCUT2D eigenvalue weighted by molar-refractivity contribution is 0.689. The minimum Gasteiger partial charge on any atom is -0.384 e. The van der Waals surface area contributed by atoms with Gasteiger partial charge in [0.05, 0.1) is 0 Å². The van der Waals surface area contributed by atoms with Crippen LogP contribution in [0, 0.1) is 5.92 Å². The van der Waals surface area contributed by atoms with Crippen molar-refractivity contribution in [1.29, 1.82) is 0 Å². The lowest BCUT2D eigenvalue weighted by Crippen LogP contribution is -2.19. The van der Waals surface area contributed by atoms with Crippen LogP contribution in [0.5, 0.6) is 0 Å². The van der Waals surface area contributed by atoms with Crippen molar-refractivity contribution in [3.63, 3.8) is 0 Å². The van der Waals surface area contributed by atoms with Crippen molar-refractivity contribution in [1.82, 2.24) is 9.97 Å². The fraction of sp³-hybridized carbons (Fsp3) is 0.636. The Morgan fingerprint density at radius 2 is 2.27 bits per heavy atom. The van der Waals surface area contributed by atoms with E-state index in [0.717, 1.165) is 24.0 Å². The van der Waals surface area contributed by atoms with Crippen LogP contribution in [0.2, 0.25) is 0 Å². The van der Waals surface area contributed by atoms with E-state index < -0.39 is 0 Å². The molecule has 1 aliphatic rings. The van der Waals surface area contributed by atoms with E-state index in [1.807, 2.05) is 6.92 Å². The van der Waals surface area contributed by atoms with Crippen molar-refractivity contribution in [2.24, 2.45) is 5.92 Å². The molecule has 0 radical (unpaired) electrons. The molecule has 1 atom stereocenters. The Hall–Kier alpha value is -1.32. The largest absolute Gasteiger partial charge is 0.384 e. The number of rotatable bonds is 4. The van der Waals surface area contributed by atoms with E-state index in [4.69, 9.17) is 5.73 Å². The minimum atomic E-state index is 0.490. The van der Waals surface area contributed by atoms with Crippen LogP contribution in [0.15, 0.2) is 6.07 Å². The number of hydrogen-bond donors (Lipinski definition) is 2. The molecule has 0 amide bonds. The van der Waals surface area contributed by atoms with Gasteiger partial charge in [0.15, 0.2) is 0 Å². The van der Waals surface area contributed by atoms with Gasteiger partial charge in [0.25, 0.3) is 0 Å². The summed E-state index contributed by atoms with van der Waals surface area (Å²) >= 11 is 0. The van der Waals surface area contributed by atoms with Crippen LogP contribution in [-0.2, 0) is 6.42 Å². The summed E-state index contributed by atoms with van der Waals surface area (Å²) < 4.78 is 0. The van der Waals surface area contributed by atoms with Gasteiger partial charge in [0, 0.05) is 18.5 Å². The molecule has 0 aliphatic heterocycles. The predicted octanol–water partition coefficient (Wildman–Crippen LogP) is 1.83. The van der Waals surface area contributed by atoms with Crippen molar-refractivity contribution in [3.05, 3.63) is 11.9 Å². The van der Waals surface area contributed by atoms with Gasteiger partial charge in [-0.25, -0.2) is 9.97 Å². The lowest BCUT2D eigenvalue weighted by Gasteiger charge is -2.14. The number of aryl methyl sites for hydroxylation is 1. The molecule has 1 saturated carbocycles. The molecule has 1 aromatic rings. The highest BCUT2D eigenvalue weighted by molar-refractivity contribution is 5.45. The molecule has 1 unspecified atom stereocenters. The first-order valence-corrected chi connectivity index (χ1v) is 5.59. The highest BCUT2D eigenvalue weighted by Gasteiger charge is 2.28. The van der Waals surface area contributed by atoms with Gasteiger partial charge in [-0.2, -0.15) is 0 Å². The molecule has 0 saturated heterocycles. The summed E-state index contributed by atoms with van der Waals surface area (Å²) in [4.78, 5) is 8.55. The van der Waals surface area contributed by atoms with Gasteiger partial charge in [0.2, 0.25) is 0 Å². The molecule has 0 aromatic carbocycles. The first kappa shape index (κ1) is 10.2. The second-order valence-electron chi connectivity index (χ2n) is 4.22. The number of anilines is 2. The molecule has 2 rings (SSSR count). The Morgan fingerprint density at radius 3 is 2.87 bits per heavy atom. The molecule has 0 spiro atoms. The van der Waals surface area contributed by atoms with Gasteiger partial charge >= 0.3 is 0 Å². The van der Waals surface area contributed by atoms with E-state index in [2.05, 4.69) is 22.2 Å². The summed E-state index contributed by atoms with van der Waals surface area (Å²) in [5.74, 6) is 3.03. The van der Waals surface area contributed by atoms with Crippen LogP contribution in [0.4, 0.5) is 11.6 Å². The van der Waals surface area contributed by atoms with Crippen molar-refractivity contribution >= 4 is 11.6 Å². The molecule has 1 aromatic heterocycles. The van der Waals surface area contributed by atoms with Gasteiger partial charge in [-0.1, -0.05) is 6.92 Å². The van der Waals surface area contributed by atoms with E-state index >= 15 is 0 Å². The van der Waals surface area contributed by atoms with Crippen LogP contribution >= 0.6 is 0 Å². The molecule has 1 fully saturated rings. The van der Waals surface area contributed by atoms with Gasteiger partial charge < -0.3 is 11.1 Å². The Kier molecular flexibility index (Phi) is 2.75. The Labute approximate surface area is 90.3 Å². The number of nitrogens with zero attached hydrogens (tertiary/aromatic N) is 2. The van der Waals surface area contributed by atoms with Gasteiger partial charge in [-0.15, -0.1) is 0 Å². The maximum atomic E-state index is 5.71. The fourth-order valence-electron chi connectivity index (χ4n) is 1.70. The maximum Gasteiger partial charge on any atom is 0.132 e. The Morgan fingerprint density at radius 1 is 1.53 bits per heavy atom. The van der Waals surface area contributed by atoms with E-state index in [-0.39, 0.29) is 0 Å².